The van der Waals surface area contributed by atoms with Gasteiger partial charge in [0.2, 0.25) is 0 Å². The molecule has 3 N–H and O–H groups in total. The van der Waals surface area contributed by atoms with E-state index in [0.717, 1.165) is 6.42 Å². The van der Waals surface area contributed by atoms with Crippen LogP contribution in [0.4, 0.5) is 0 Å². The third-order valence-electron chi connectivity index (χ3n) is 0.743. The van der Waals surface area contributed by atoms with Crippen LogP contribution in [0.5, 0.6) is 0 Å². The van der Waals surface area contributed by atoms with Crippen molar-refractivity contribution in [3.05, 3.63) is 0 Å². The van der Waals surface area contributed by atoms with Crippen LogP contribution in [0.3, 0.4) is 0 Å². The Bertz CT molecular complexity index is 30.9. The van der Waals surface area contributed by atoms with E-state index in [9.17, 15) is 0 Å². The molecule has 0 aromatic rings. The first-order valence-electron chi connectivity index (χ1n) is 2.19. The lowest BCUT2D eigenvalue weighted by atomic mass is 10.3. The fourth-order valence-corrected chi connectivity index (χ4v) is 0.167. The van der Waals surface area contributed by atoms with Crippen LogP contribution in [-0.4, -0.2) is 17.8 Å². The van der Waals surface area contributed by atoms with Gasteiger partial charge in [0, 0.05) is 6.54 Å². The van der Waals surface area contributed by atoms with E-state index in [1.807, 2.05) is 6.92 Å². The highest BCUT2D eigenvalue weighted by atomic mass is 35.5. The van der Waals surface area contributed by atoms with Crippen molar-refractivity contribution in [3.8, 4) is 0 Å². The van der Waals surface area contributed by atoms with Gasteiger partial charge in [-0.25, -0.2) is 0 Å². The number of hydrogen-bond acceptors (Lipinski definition) is 2. The Hall–Kier alpha value is 0.210. The Labute approximate surface area is 50.1 Å². The summed E-state index contributed by atoms with van der Waals surface area (Å²) in [4.78, 5) is 0. The molecule has 0 fully saturated rings. The molecule has 0 saturated carbocycles. The monoisotopic (exact) mass is 125 g/mol. The van der Waals surface area contributed by atoms with E-state index in [-0.39, 0.29) is 18.5 Å². The van der Waals surface area contributed by atoms with Crippen LogP contribution in [0.25, 0.3) is 0 Å². The molecule has 2 nitrogen and oxygen atoms in total. The Balaban J connectivity index is 0. The SMILES string of the molecule is CC[C@H](O)CN.Cl. The molecule has 0 bridgehead atoms. The number of aliphatic hydroxyl groups is 1. The summed E-state index contributed by atoms with van der Waals surface area (Å²) in [5, 5.41) is 8.54. The Morgan fingerprint density at radius 1 is 1.71 bits per heavy atom. The second-order valence-electron chi connectivity index (χ2n) is 1.30. The van der Waals surface area contributed by atoms with Gasteiger partial charge in [0.1, 0.15) is 0 Å². The van der Waals surface area contributed by atoms with Crippen LogP contribution in [0.15, 0.2) is 0 Å². The van der Waals surface area contributed by atoms with Crippen LogP contribution in [0.2, 0.25) is 0 Å². The van der Waals surface area contributed by atoms with Gasteiger partial charge in [-0.05, 0) is 6.42 Å². The average Bonchev–Trinajstić information content (AvgIpc) is 1.65. The molecule has 0 radical (unpaired) electrons. The van der Waals surface area contributed by atoms with E-state index in [2.05, 4.69) is 0 Å². The molecule has 0 aromatic carbocycles. The summed E-state index contributed by atoms with van der Waals surface area (Å²) >= 11 is 0. The van der Waals surface area contributed by atoms with Gasteiger partial charge in [0.05, 0.1) is 6.10 Å². The Morgan fingerprint density at radius 3 is 2.14 bits per heavy atom. The molecule has 0 unspecified atom stereocenters. The van der Waals surface area contributed by atoms with Crippen molar-refractivity contribution in [3.63, 3.8) is 0 Å². The van der Waals surface area contributed by atoms with Gasteiger partial charge in [0.15, 0.2) is 0 Å². The largest absolute Gasteiger partial charge is 0.392 e. The van der Waals surface area contributed by atoms with Gasteiger partial charge in [-0.2, -0.15) is 0 Å². The minimum Gasteiger partial charge on any atom is -0.392 e. The highest BCUT2D eigenvalue weighted by Gasteiger charge is 1.90. The van der Waals surface area contributed by atoms with E-state index in [1.165, 1.54) is 0 Å². The van der Waals surface area contributed by atoms with Crippen LogP contribution in [0.1, 0.15) is 13.3 Å². The molecule has 0 amide bonds. The predicted molar refractivity (Wildman–Crippen MR) is 32.6 cm³/mol. The van der Waals surface area contributed by atoms with Crippen LogP contribution >= 0.6 is 12.4 Å². The Kier molecular flexibility index (Phi) is 9.09. The molecular weight excluding hydrogens is 114 g/mol. The van der Waals surface area contributed by atoms with Gasteiger partial charge in [-0.1, -0.05) is 6.92 Å². The molecule has 3 heteroatoms. The summed E-state index contributed by atoms with van der Waals surface area (Å²) in [7, 11) is 0. The number of hydrogen-bond donors (Lipinski definition) is 2. The molecule has 0 rings (SSSR count). The second kappa shape index (κ2) is 6.21. The maximum Gasteiger partial charge on any atom is 0.0659 e. The van der Waals surface area contributed by atoms with E-state index in [1.54, 1.807) is 0 Å². The lowest BCUT2D eigenvalue weighted by Crippen LogP contribution is -2.17. The predicted octanol–water partition coefficient (Wildman–Crippen LogP) is 0.138. The van der Waals surface area contributed by atoms with Gasteiger partial charge in [-0.3, -0.25) is 0 Å². The summed E-state index contributed by atoms with van der Waals surface area (Å²) in [5.41, 5.74) is 5.03. The molecule has 7 heavy (non-hydrogen) atoms. The second-order valence-corrected chi connectivity index (χ2v) is 1.30. The van der Waals surface area contributed by atoms with Gasteiger partial charge in [0.25, 0.3) is 0 Å². The van der Waals surface area contributed by atoms with Gasteiger partial charge < -0.3 is 10.8 Å². The molecule has 46 valence electrons. The lowest BCUT2D eigenvalue weighted by Gasteiger charge is -1.98. The Morgan fingerprint density at radius 2 is 2.14 bits per heavy atom. The normalized spacial score (nSPS) is 12.4. The first kappa shape index (κ1) is 10.2. The summed E-state index contributed by atoms with van der Waals surface area (Å²) in [6, 6.07) is 0. The molecule has 0 heterocycles. The number of nitrogens with two attached hydrogens (primary N) is 1. The number of rotatable bonds is 2. The summed E-state index contributed by atoms with van der Waals surface area (Å²) in [5.74, 6) is 0. The molecular formula is C4H12ClNO. The molecule has 1 atom stereocenters. The first-order chi connectivity index (χ1) is 2.81. The zero-order chi connectivity index (χ0) is 4.99. The average molecular weight is 126 g/mol. The summed E-state index contributed by atoms with van der Waals surface area (Å²) in [6.07, 6.45) is 0.473. The van der Waals surface area contributed by atoms with Gasteiger partial charge >= 0.3 is 0 Å². The topological polar surface area (TPSA) is 46.2 Å². The highest BCUT2D eigenvalue weighted by Crippen LogP contribution is 1.81. The zero-order valence-electron chi connectivity index (χ0n) is 4.42. The van der Waals surface area contributed by atoms with Crippen molar-refractivity contribution in [2.75, 3.05) is 6.54 Å². The van der Waals surface area contributed by atoms with E-state index < -0.39 is 0 Å². The van der Waals surface area contributed by atoms with E-state index >= 15 is 0 Å². The van der Waals surface area contributed by atoms with Crippen molar-refractivity contribution in [1.29, 1.82) is 0 Å². The van der Waals surface area contributed by atoms with Crippen LogP contribution in [-0.2, 0) is 0 Å². The van der Waals surface area contributed by atoms with E-state index in [4.69, 9.17) is 10.8 Å². The van der Waals surface area contributed by atoms with Crippen molar-refractivity contribution in [2.24, 2.45) is 5.73 Å². The van der Waals surface area contributed by atoms with E-state index in [0.29, 0.717) is 6.54 Å². The summed E-state index contributed by atoms with van der Waals surface area (Å²) < 4.78 is 0. The minimum absolute atomic E-state index is 0. The van der Waals surface area contributed by atoms with Gasteiger partial charge in [-0.15, -0.1) is 12.4 Å². The smallest absolute Gasteiger partial charge is 0.0659 e. The summed E-state index contributed by atoms with van der Waals surface area (Å²) in [6.45, 7) is 2.29. The van der Waals surface area contributed by atoms with Crippen LogP contribution < -0.4 is 5.73 Å². The standard InChI is InChI=1S/C4H11NO.ClH/c1-2-4(6)3-5;/h4,6H,2-3,5H2,1H3;1H/t4-;/m0./s1. The molecule has 0 spiro atoms. The minimum atomic E-state index is -0.287. The fraction of sp³-hybridized carbons (Fsp3) is 1.00. The lowest BCUT2D eigenvalue weighted by molar-refractivity contribution is 0.179. The number of aliphatic hydroxyl groups excluding tert-OH is 1. The van der Waals surface area contributed by atoms with Crippen molar-refractivity contribution in [1.82, 2.24) is 0 Å². The third kappa shape index (κ3) is 6.21. The highest BCUT2D eigenvalue weighted by molar-refractivity contribution is 5.85. The van der Waals surface area contributed by atoms with Crippen molar-refractivity contribution in [2.45, 2.75) is 19.4 Å². The molecule has 0 aliphatic carbocycles. The maximum atomic E-state index is 8.54. The quantitative estimate of drug-likeness (QED) is 0.552. The van der Waals surface area contributed by atoms with Crippen LogP contribution in [0, 0.1) is 0 Å². The van der Waals surface area contributed by atoms with Crippen molar-refractivity contribution >= 4 is 12.4 Å². The third-order valence-corrected chi connectivity index (χ3v) is 0.743. The molecule has 0 saturated heterocycles. The molecule has 0 aliphatic heterocycles. The zero-order valence-corrected chi connectivity index (χ0v) is 5.24. The molecule has 0 aliphatic rings. The first-order valence-corrected chi connectivity index (χ1v) is 2.19. The maximum absolute atomic E-state index is 8.54. The van der Waals surface area contributed by atoms with Crippen molar-refractivity contribution < 1.29 is 5.11 Å². The molecule has 0 aromatic heterocycles. The number of halogens is 1. The fourth-order valence-electron chi connectivity index (χ4n) is 0.167.